The number of fused-ring (bicyclic) bond motifs is 9. The first-order chi connectivity index (χ1) is 26.2. The zero-order valence-corrected chi connectivity index (χ0v) is 29.2. The molecule has 0 fully saturated rings. The van der Waals surface area contributed by atoms with Gasteiger partial charge in [-0.15, -0.1) is 11.3 Å². The Labute approximate surface area is 309 Å². The Balaban J connectivity index is 1.15. The molecule has 0 N–H and O–H groups in total. The maximum atomic E-state index is 8.27. The van der Waals surface area contributed by atoms with E-state index in [9.17, 15) is 0 Å². The molecule has 0 saturated heterocycles. The van der Waals surface area contributed by atoms with Gasteiger partial charge in [-0.2, -0.15) is 0 Å². The number of aromatic nitrogens is 1. The molecule has 0 aliphatic carbocycles. The number of hydrogen-bond donors (Lipinski definition) is 0. The average molecular weight is 693 g/mol. The van der Waals surface area contributed by atoms with E-state index in [1.807, 2.05) is 30.3 Å². The fraction of sp³-hybridized carbons (Fsp3) is 0. The Morgan fingerprint density at radius 2 is 0.981 bits per heavy atom. The first-order valence-electron chi connectivity index (χ1n) is 17.7. The topological polar surface area (TPSA) is 22.4 Å². The summed E-state index contributed by atoms with van der Waals surface area (Å²) < 4.78 is 10.7. The smallest absolute Gasteiger partial charge is 0.205 e. The first-order valence-corrected chi connectivity index (χ1v) is 18.5. The number of rotatable bonds is 4. The lowest BCUT2D eigenvalue weighted by atomic mass is 9.99. The molecule has 0 radical (unpaired) electrons. The maximum absolute atomic E-state index is 8.27. The Kier molecular flexibility index (Phi) is 6.48. The molecule has 53 heavy (non-hydrogen) atoms. The van der Waals surface area contributed by atoms with Gasteiger partial charge in [0.1, 0.15) is 11.2 Å². The summed E-state index contributed by atoms with van der Waals surface area (Å²) in [4.78, 5) is 4.09. The van der Waals surface area contributed by atoms with Crippen LogP contribution in [-0.2, 0) is 0 Å². The van der Waals surface area contributed by atoms with E-state index in [2.05, 4.69) is 149 Å². The van der Waals surface area contributed by atoms with Crippen LogP contribution in [0.3, 0.4) is 0 Å². The highest BCUT2D eigenvalue weighted by Gasteiger charge is 2.20. The predicted octanol–water partition coefficient (Wildman–Crippen LogP) is 14.6. The molecule has 0 amide bonds. The van der Waals surface area contributed by atoms with Crippen LogP contribution in [0.4, 0.5) is 5.69 Å². The molecule has 3 heterocycles. The highest BCUT2D eigenvalue weighted by atomic mass is 32.1. The fourth-order valence-corrected chi connectivity index (χ4v) is 9.35. The van der Waals surface area contributed by atoms with Gasteiger partial charge in [-0.05, 0) is 99.4 Å². The summed E-state index contributed by atoms with van der Waals surface area (Å²) in [6, 6.07) is 60.3. The Morgan fingerprint density at radius 3 is 1.68 bits per heavy atom. The molecule has 11 rings (SSSR count). The monoisotopic (exact) mass is 692 g/mol. The SMILES string of the molecule is [C-]#[N+]c1cc(-c2ccc3oc4ccccc4c3c2)cc2c1sc1c(-n3c4ccc(-c5ccccc5)cc4c4cc(-c5ccccc5)ccc43)cccc12. The third-order valence-corrected chi connectivity index (χ3v) is 11.9. The van der Waals surface area contributed by atoms with Crippen LogP contribution in [-0.4, -0.2) is 4.57 Å². The summed E-state index contributed by atoms with van der Waals surface area (Å²) in [5, 5.41) is 6.86. The predicted molar refractivity (Wildman–Crippen MR) is 224 cm³/mol. The summed E-state index contributed by atoms with van der Waals surface area (Å²) in [7, 11) is 0. The van der Waals surface area contributed by atoms with E-state index in [1.54, 1.807) is 11.3 Å². The summed E-state index contributed by atoms with van der Waals surface area (Å²) in [6.45, 7) is 8.27. The van der Waals surface area contributed by atoms with Gasteiger partial charge in [-0.3, -0.25) is 0 Å². The van der Waals surface area contributed by atoms with Crippen LogP contribution in [0.5, 0.6) is 0 Å². The van der Waals surface area contributed by atoms with E-state index in [0.717, 1.165) is 65.3 Å². The fourth-order valence-electron chi connectivity index (χ4n) is 8.10. The minimum Gasteiger partial charge on any atom is -0.456 e. The van der Waals surface area contributed by atoms with Gasteiger partial charge in [0.25, 0.3) is 0 Å². The molecular formula is C49H28N2OS. The number of hydrogen-bond acceptors (Lipinski definition) is 2. The van der Waals surface area contributed by atoms with Gasteiger partial charge in [0.05, 0.1) is 28.0 Å². The zero-order chi connectivity index (χ0) is 35.0. The van der Waals surface area contributed by atoms with Gasteiger partial charge in [0.15, 0.2) is 0 Å². The van der Waals surface area contributed by atoms with E-state index < -0.39 is 0 Å². The molecule has 0 saturated carbocycles. The van der Waals surface area contributed by atoms with Gasteiger partial charge in [-0.25, -0.2) is 4.85 Å². The van der Waals surface area contributed by atoms with Crippen molar-refractivity contribution in [2.75, 3.05) is 0 Å². The average Bonchev–Trinajstić information content (AvgIpc) is 3.90. The Morgan fingerprint density at radius 1 is 0.415 bits per heavy atom. The van der Waals surface area contributed by atoms with Crippen LogP contribution >= 0.6 is 11.3 Å². The van der Waals surface area contributed by atoms with Crippen LogP contribution in [0.25, 0.3) is 108 Å². The van der Waals surface area contributed by atoms with Crippen molar-refractivity contribution in [1.82, 2.24) is 4.57 Å². The molecule has 3 nitrogen and oxygen atoms in total. The van der Waals surface area contributed by atoms with Crippen molar-refractivity contribution in [3.05, 3.63) is 181 Å². The van der Waals surface area contributed by atoms with Gasteiger partial charge >= 0.3 is 0 Å². The van der Waals surface area contributed by atoms with Gasteiger partial charge in [-0.1, -0.05) is 109 Å². The Bertz CT molecular complexity index is 3190. The highest BCUT2D eigenvalue weighted by Crippen LogP contribution is 2.47. The van der Waals surface area contributed by atoms with Crippen LogP contribution in [0, 0.1) is 6.57 Å². The first kappa shape index (κ1) is 29.8. The molecule has 246 valence electrons. The lowest BCUT2D eigenvalue weighted by molar-refractivity contribution is 0.669. The molecular weight excluding hydrogens is 665 g/mol. The number of thiophene rings is 1. The van der Waals surface area contributed by atoms with Crippen molar-refractivity contribution in [2.24, 2.45) is 0 Å². The Hall–Kier alpha value is -6.93. The van der Waals surface area contributed by atoms with Crippen molar-refractivity contribution in [1.29, 1.82) is 0 Å². The van der Waals surface area contributed by atoms with Gasteiger partial charge in [0, 0.05) is 31.6 Å². The molecule has 0 bridgehead atoms. The second kappa shape index (κ2) is 11.5. The van der Waals surface area contributed by atoms with Crippen LogP contribution in [0.15, 0.2) is 174 Å². The van der Waals surface area contributed by atoms with Crippen molar-refractivity contribution < 1.29 is 4.42 Å². The molecule has 0 spiro atoms. The summed E-state index contributed by atoms with van der Waals surface area (Å²) in [6.07, 6.45) is 0. The van der Waals surface area contributed by atoms with E-state index in [-0.39, 0.29) is 0 Å². The molecule has 11 aromatic rings. The normalized spacial score (nSPS) is 11.8. The molecule has 0 unspecified atom stereocenters. The standard InChI is InChI=1S/C49H28N2OS/c1-50-42-29-35(34-21-24-47-40(27-34)36-15-8-9-18-46(36)52-47)28-41-37-16-10-17-45(49(37)53-48(41)42)51-43-22-19-32(30-11-4-2-5-12-30)25-38(43)39-26-33(20-23-44(39)51)31-13-6-3-7-14-31/h2-29H. The minimum atomic E-state index is 0.670. The minimum absolute atomic E-state index is 0.670. The van der Waals surface area contributed by atoms with E-state index in [1.165, 1.54) is 37.7 Å². The van der Waals surface area contributed by atoms with Crippen molar-refractivity contribution in [3.8, 4) is 39.1 Å². The highest BCUT2D eigenvalue weighted by molar-refractivity contribution is 7.26. The number of benzene rings is 8. The molecule has 3 aromatic heterocycles. The summed E-state index contributed by atoms with van der Waals surface area (Å²) in [5.41, 5.74) is 12.7. The third-order valence-electron chi connectivity index (χ3n) is 10.6. The van der Waals surface area contributed by atoms with Crippen LogP contribution in [0.1, 0.15) is 0 Å². The van der Waals surface area contributed by atoms with Gasteiger partial charge in [0.2, 0.25) is 5.69 Å². The van der Waals surface area contributed by atoms with E-state index in [4.69, 9.17) is 11.0 Å². The summed E-state index contributed by atoms with van der Waals surface area (Å²) in [5.74, 6) is 0. The lowest BCUT2D eigenvalue weighted by Gasteiger charge is -2.10. The maximum Gasteiger partial charge on any atom is 0.205 e. The molecule has 0 atom stereocenters. The van der Waals surface area contributed by atoms with Crippen molar-refractivity contribution in [2.45, 2.75) is 0 Å². The van der Waals surface area contributed by atoms with E-state index >= 15 is 0 Å². The second-order valence-corrected chi connectivity index (χ2v) is 14.6. The third kappa shape index (κ3) is 4.58. The second-order valence-electron chi connectivity index (χ2n) is 13.6. The summed E-state index contributed by atoms with van der Waals surface area (Å²) >= 11 is 1.71. The number of nitrogens with zero attached hydrogens (tertiary/aromatic N) is 2. The van der Waals surface area contributed by atoms with Crippen LogP contribution < -0.4 is 0 Å². The van der Waals surface area contributed by atoms with E-state index in [0.29, 0.717) is 5.69 Å². The number of para-hydroxylation sites is 1. The lowest BCUT2D eigenvalue weighted by Crippen LogP contribution is -1.94. The van der Waals surface area contributed by atoms with Crippen LogP contribution in [0.2, 0.25) is 0 Å². The number of furan rings is 1. The molecule has 8 aromatic carbocycles. The molecule has 0 aliphatic heterocycles. The zero-order valence-electron chi connectivity index (χ0n) is 28.4. The largest absolute Gasteiger partial charge is 0.456 e. The van der Waals surface area contributed by atoms with Crippen molar-refractivity contribution >= 4 is 80.9 Å². The van der Waals surface area contributed by atoms with Gasteiger partial charge < -0.3 is 8.98 Å². The van der Waals surface area contributed by atoms with Crippen molar-refractivity contribution in [3.63, 3.8) is 0 Å². The molecule has 4 heteroatoms. The quantitative estimate of drug-likeness (QED) is 0.168. The molecule has 0 aliphatic rings.